The van der Waals surface area contributed by atoms with Crippen molar-refractivity contribution in [3.63, 3.8) is 0 Å². The lowest BCUT2D eigenvalue weighted by Crippen LogP contribution is -2.14. The summed E-state index contributed by atoms with van der Waals surface area (Å²) in [6.07, 6.45) is -0.902. The summed E-state index contributed by atoms with van der Waals surface area (Å²) in [6.45, 7) is 0. The van der Waals surface area contributed by atoms with E-state index in [-0.39, 0.29) is 5.91 Å². The third kappa shape index (κ3) is 4.20. The molecule has 0 aliphatic heterocycles. The van der Waals surface area contributed by atoms with E-state index in [4.69, 9.17) is 23.2 Å². The van der Waals surface area contributed by atoms with E-state index >= 15 is 0 Å². The van der Waals surface area contributed by atoms with Gasteiger partial charge in [0.15, 0.2) is 0 Å². The lowest BCUT2D eigenvalue weighted by molar-refractivity contribution is 0.102. The summed E-state index contributed by atoms with van der Waals surface area (Å²) < 4.78 is 0. The molecule has 0 aliphatic carbocycles. The minimum Gasteiger partial charge on any atom is -0.384 e. The molecule has 0 spiro atoms. The van der Waals surface area contributed by atoms with Crippen molar-refractivity contribution in [3.8, 4) is 0 Å². The van der Waals surface area contributed by atoms with Crippen LogP contribution >= 0.6 is 23.2 Å². The quantitative estimate of drug-likeness (QED) is 0.651. The summed E-state index contributed by atoms with van der Waals surface area (Å²) in [6, 6.07) is 20.8. The number of aliphatic hydroxyl groups is 1. The number of carbonyl (C=O) groups excluding carboxylic acids is 1. The van der Waals surface area contributed by atoms with E-state index in [1.165, 1.54) is 0 Å². The minimum absolute atomic E-state index is 0.291. The number of rotatable bonds is 4. The number of aliphatic hydroxyl groups excluding tert-OH is 1. The summed E-state index contributed by atoms with van der Waals surface area (Å²) >= 11 is 11.9. The predicted octanol–water partition coefficient (Wildman–Crippen LogP) is 5.33. The van der Waals surface area contributed by atoms with Crippen molar-refractivity contribution in [1.82, 2.24) is 0 Å². The van der Waals surface area contributed by atoms with Gasteiger partial charge in [-0.3, -0.25) is 4.79 Å². The highest BCUT2D eigenvalue weighted by atomic mass is 35.5. The molecule has 0 bridgehead atoms. The maximum absolute atomic E-state index is 12.5. The normalized spacial score (nSPS) is 11.8. The fraction of sp³-hybridized carbons (Fsp3) is 0.0500. The van der Waals surface area contributed by atoms with Gasteiger partial charge in [-0.1, -0.05) is 53.5 Å². The number of halogens is 2. The van der Waals surface area contributed by atoms with Crippen molar-refractivity contribution in [2.45, 2.75) is 6.10 Å². The van der Waals surface area contributed by atoms with Crippen LogP contribution in [0.4, 0.5) is 5.69 Å². The van der Waals surface area contributed by atoms with Gasteiger partial charge in [0, 0.05) is 26.9 Å². The lowest BCUT2D eigenvalue weighted by Gasteiger charge is -2.17. The van der Waals surface area contributed by atoms with E-state index in [0.29, 0.717) is 32.4 Å². The highest BCUT2D eigenvalue weighted by Crippen LogP contribution is 2.31. The molecule has 2 N–H and O–H groups in total. The Labute approximate surface area is 155 Å². The Morgan fingerprint density at radius 3 is 2.20 bits per heavy atom. The standard InChI is InChI=1S/C20H15Cl2NO2/c21-15-8-6-14(7-9-15)20(25)23-18-11-10-16(22)12-17(18)19(24)13-4-2-1-3-5-13/h1-12,19,24H,(H,23,25)/t19-/m0/s1. The van der Waals surface area contributed by atoms with Crippen LogP contribution in [0.3, 0.4) is 0 Å². The summed E-state index contributed by atoms with van der Waals surface area (Å²) in [7, 11) is 0. The van der Waals surface area contributed by atoms with Crippen LogP contribution in [0.2, 0.25) is 10.0 Å². The van der Waals surface area contributed by atoms with Crippen LogP contribution in [-0.4, -0.2) is 11.0 Å². The van der Waals surface area contributed by atoms with Crippen molar-refractivity contribution < 1.29 is 9.90 Å². The number of anilines is 1. The Kier molecular flexibility index (Phi) is 5.39. The first-order chi connectivity index (χ1) is 12.0. The van der Waals surface area contributed by atoms with Crippen molar-refractivity contribution >= 4 is 34.8 Å². The van der Waals surface area contributed by atoms with Crippen LogP contribution in [0.15, 0.2) is 72.8 Å². The molecular weight excluding hydrogens is 357 g/mol. The molecule has 1 amide bonds. The van der Waals surface area contributed by atoms with Crippen molar-refractivity contribution in [2.24, 2.45) is 0 Å². The number of amides is 1. The number of benzene rings is 3. The topological polar surface area (TPSA) is 49.3 Å². The highest BCUT2D eigenvalue weighted by molar-refractivity contribution is 6.31. The van der Waals surface area contributed by atoms with E-state index in [0.717, 1.165) is 0 Å². The van der Waals surface area contributed by atoms with E-state index < -0.39 is 6.10 Å². The first-order valence-corrected chi connectivity index (χ1v) is 8.39. The van der Waals surface area contributed by atoms with Gasteiger partial charge in [0.1, 0.15) is 6.10 Å². The average Bonchev–Trinajstić information content (AvgIpc) is 2.64. The van der Waals surface area contributed by atoms with Crippen LogP contribution in [-0.2, 0) is 0 Å². The van der Waals surface area contributed by atoms with Gasteiger partial charge in [-0.25, -0.2) is 0 Å². The van der Waals surface area contributed by atoms with E-state index in [1.54, 1.807) is 42.5 Å². The number of carbonyl (C=O) groups is 1. The number of nitrogens with one attached hydrogen (secondary N) is 1. The van der Waals surface area contributed by atoms with Gasteiger partial charge in [-0.2, -0.15) is 0 Å². The second-order valence-corrected chi connectivity index (χ2v) is 6.38. The van der Waals surface area contributed by atoms with Gasteiger partial charge in [0.05, 0.1) is 0 Å². The SMILES string of the molecule is O=C(Nc1ccc(Cl)cc1[C@@H](O)c1ccccc1)c1ccc(Cl)cc1. The molecule has 1 atom stereocenters. The Hall–Kier alpha value is -2.33. The smallest absolute Gasteiger partial charge is 0.255 e. The predicted molar refractivity (Wildman–Crippen MR) is 101 cm³/mol. The molecule has 0 unspecified atom stereocenters. The van der Waals surface area contributed by atoms with Crippen LogP contribution in [0.5, 0.6) is 0 Å². The van der Waals surface area contributed by atoms with E-state index in [9.17, 15) is 9.90 Å². The summed E-state index contributed by atoms with van der Waals surface area (Å²) in [4.78, 5) is 12.5. The largest absolute Gasteiger partial charge is 0.384 e. The van der Waals surface area contributed by atoms with Gasteiger partial charge < -0.3 is 10.4 Å². The van der Waals surface area contributed by atoms with Crippen molar-refractivity contribution in [3.05, 3.63) is 99.5 Å². The molecule has 0 aromatic heterocycles. The van der Waals surface area contributed by atoms with Gasteiger partial charge in [-0.15, -0.1) is 0 Å². The first kappa shape index (κ1) is 17.5. The van der Waals surface area contributed by atoms with Crippen LogP contribution in [0.25, 0.3) is 0 Å². The summed E-state index contributed by atoms with van der Waals surface area (Å²) in [5, 5.41) is 14.6. The molecule has 0 radical (unpaired) electrons. The maximum atomic E-state index is 12.5. The van der Waals surface area contributed by atoms with Crippen LogP contribution < -0.4 is 5.32 Å². The van der Waals surface area contributed by atoms with Crippen LogP contribution in [0.1, 0.15) is 27.6 Å². The van der Waals surface area contributed by atoms with Gasteiger partial charge >= 0.3 is 0 Å². The molecule has 25 heavy (non-hydrogen) atoms. The van der Waals surface area contributed by atoms with Crippen molar-refractivity contribution in [1.29, 1.82) is 0 Å². The fourth-order valence-corrected chi connectivity index (χ4v) is 2.79. The molecule has 3 rings (SSSR count). The van der Waals surface area contributed by atoms with Crippen molar-refractivity contribution in [2.75, 3.05) is 5.32 Å². The van der Waals surface area contributed by atoms with Gasteiger partial charge in [-0.05, 0) is 48.0 Å². The van der Waals surface area contributed by atoms with E-state index in [1.807, 2.05) is 30.3 Å². The molecule has 0 saturated carbocycles. The second-order valence-electron chi connectivity index (χ2n) is 5.51. The Bertz CT molecular complexity index is 880. The Morgan fingerprint density at radius 2 is 1.52 bits per heavy atom. The third-order valence-electron chi connectivity index (χ3n) is 3.78. The molecule has 3 aromatic rings. The molecule has 3 nitrogen and oxygen atoms in total. The fourth-order valence-electron chi connectivity index (χ4n) is 2.48. The third-order valence-corrected chi connectivity index (χ3v) is 4.27. The zero-order valence-electron chi connectivity index (χ0n) is 13.1. The molecule has 0 fully saturated rings. The second kappa shape index (κ2) is 7.70. The summed E-state index contributed by atoms with van der Waals surface area (Å²) in [5.74, 6) is -0.291. The molecular formula is C20H15Cl2NO2. The molecule has 5 heteroatoms. The number of hydrogen-bond acceptors (Lipinski definition) is 2. The molecule has 0 aliphatic rings. The number of hydrogen-bond donors (Lipinski definition) is 2. The van der Waals surface area contributed by atoms with Gasteiger partial charge in [0.2, 0.25) is 0 Å². The minimum atomic E-state index is -0.902. The maximum Gasteiger partial charge on any atom is 0.255 e. The molecule has 3 aromatic carbocycles. The van der Waals surface area contributed by atoms with Gasteiger partial charge in [0.25, 0.3) is 5.91 Å². The summed E-state index contributed by atoms with van der Waals surface area (Å²) in [5.41, 5.74) is 2.22. The van der Waals surface area contributed by atoms with Crippen LogP contribution in [0, 0.1) is 0 Å². The van der Waals surface area contributed by atoms with E-state index in [2.05, 4.69) is 5.32 Å². The Morgan fingerprint density at radius 1 is 0.880 bits per heavy atom. The lowest BCUT2D eigenvalue weighted by atomic mass is 9.99. The highest BCUT2D eigenvalue weighted by Gasteiger charge is 2.17. The zero-order valence-corrected chi connectivity index (χ0v) is 14.6. The Balaban J connectivity index is 1.91. The first-order valence-electron chi connectivity index (χ1n) is 7.64. The molecule has 126 valence electrons. The average molecular weight is 372 g/mol. The molecule has 0 saturated heterocycles. The zero-order chi connectivity index (χ0) is 17.8. The monoisotopic (exact) mass is 371 g/mol. The molecule has 0 heterocycles.